The number of guanidine groups is 2. The van der Waals surface area contributed by atoms with E-state index in [1.165, 1.54) is 92.3 Å². The van der Waals surface area contributed by atoms with Crippen molar-refractivity contribution in [3.8, 4) is 11.5 Å². The number of aliphatic hydroxyl groups is 1. The maximum atomic E-state index is 15.8. The molecule has 0 saturated carbocycles. The van der Waals surface area contributed by atoms with Crippen LogP contribution in [0.15, 0.2) is 114 Å². The van der Waals surface area contributed by atoms with E-state index in [0.717, 1.165) is 35.4 Å². The molecule has 0 radical (unpaired) electrons. The fourth-order valence-corrected chi connectivity index (χ4v) is 17.4. The Balaban J connectivity index is 1.38. The van der Waals surface area contributed by atoms with Gasteiger partial charge in [-0.05, 0) is 117 Å². The molecule has 30 N–H and O–H groups in total. The Kier molecular flexibility index (Phi) is 45.0. The van der Waals surface area contributed by atoms with Gasteiger partial charge in [-0.1, -0.05) is 124 Å². The van der Waals surface area contributed by atoms with E-state index in [-0.39, 0.29) is 131 Å². The quantitative estimate of drug-likeness (QED) is 0.00764. The first-order valence-electron chi connectivity index (χ1n) is 45.6. The molecule has 49 heteroatoms. The molecule has 2 aromatic heterocycles. The van der Waals surface area contributed by atoms with Crippen LogP contribution >= 0.6 is 21.6 Å². The molecular weight excluding hydrogens is 1850 g/mol. The van der Waals surface area contributed by atoms with Gasteiger partial charge in [0.15, 0.2) is 11.9 Å². The number of carboxylic acid groups (broad SMARTS) is 1. The van der Waals surface area contributed by atoms with Crippen molar-refractivity contribution in [3.05, 3.63) is 132 Å². The summed E-state index contributed by atoms with van der Waals surface area (Å²) in [6, 6.07) is -5.00. The van der Waals surface area contributed by atoms with Crippen molar-refractivity contribution in [2.45, 2.75) is 248 Å². The number of aromatic amines is 2. The van der Waals surface area contributed by atoms with Crippen molar-refractivity contribution in [3.63, 3.8) is 0 Å². The van der Waals surface area contributed by atoms with Gasteiger partial charge in [0.05, 0.1) is 18.8 Å². The van der Waals surface area contributed by atoms with Crippen LogP contribution in [0.4, 0.5) is 0 Å². The minimum atomic E-state index is -2.04. The van der Waals surface area contributed by atoms with Gasteiger partial charge in [0, 0.05) is 100 Å². The van der Waals surface area contributed by atoms with E-state index < -0.39 is 246 Å². The third-order valence-corrected chi connectivity index (χ3v) is 25.2. The number of aliphatic imine (C=N–C) groups is 2. The van der Waals surface area contributed by atoms with E-state index in [1.807, 2.05) is 0 Å². The normalized spacial score (nSPS) is 20.7. The van der Waals surface area contributed by atoms with Gasteiger partial charge in [0.25, 0.3) is 0 Å². The highest BCUT2D eigenvalue weighted by atomic mass is 33.1. The molecule has 7 rings (SSSR count). The first kappa shape index (κ1) is 112. The molecule has 0 unspecified atom stereocenters. The van der Waals surface area contributed by atoms with Crippen LogP contribution < -0.4 is 103 Å². The number of hydrogen-bond donors (Lipinski definition) is 25. The van der Waals surface area contributed by atoms with Crippen LogP contribution in [0.1, 0.15) is 148 Å². The second-order valence-electron chi connectivity index (χ2n) is 34.8. The molecule has 0 bridgehead atoms. The van der Waals surface area contributed by atoms with Crippen molar-refractivity contribution in [2.24, 2.45) is 56.4 Å². The predicted octanol–water partition coefficient (Wildman–Crippen LogP) is -4.16. The number of carboxylic acids is 1. The van der Waals surface area contributed by atoms with Crippen LogP contribution in [0, 0.1) is 17.8 Å². The molecule has 17 atom stereocenters. The van der Waals surface area contributed by atoms with E-state index in [4.69, 9.17) is 28.7 Å². The number of rotatable bonds is 41. The average Bonchev–Trinajstić information content (AvgIpc) is 1.71. The van der Waals surface area contributed by atoms with Crippen molar-refractivity contribution in [1.82, 2.24) is 99.3 Å². The Morgan fingerprint density at radius 3 is 1.59 bits per heavy atom. The highest BCUT2D eigenvalue weighted by Gasteiger charge is 2.44. The van der Waals surface area contributed by atoms with Gasteiger partial charge in [-0.15, -0.1) is 0 Å². The Morgan fingerprint density at radius 2 is 1.03 bits per heavy atom. The highest BCUT2D eigenvalue weighted by Crippen LogP contribution is 2.27. The molecule has 5 aromatic rings. The molecule has 3 aromatic carbocycles. The van der Waals surface area contributed by atoms with Crippen molar-refractivity contribution < 1.29 is 102 Å². The van der Waals surface area contributed by atoms with Crippen molar-refractivity contribution in [2.75, 3.05) is 31.1 Å². The number of phenolic OH excluding ortho intramolecular Hbond substituents is 2. The smallest absolute Gasteiger partial charge is 0.303 e. The molecule has 4 heterocycles. The first-order valence-corrected chi connectivity index (χ1v) is 48.1. The van der Waals surface area contributed by atoms with Gasteiger partial charge in [0.2, 0.25) is 94.5 Å². The summed E-state index contributed by atoms with van der Waals surface area (Å²) in [5.74, 6) is -21.6. The molecule has 2 saturated heterocycles. The molecule has 2 aliphatic heterocycles. The summed E-state index contributed by atoms with van der Waals surface area (Å²) >= 11 is 0. The Hall–Kier alpha value is -14.1. The number of nitrogens with one attached hydrogen (secondary N) is 16. The number of aliphatic hydroxyl groups excluding tert-OH is 1. The molecule has 758 valence electrons. The lowest BCUT2D eigenvalue weighted by atomic mass is 9.96. The SMILES string of the molecule is CC[C@H](C)[C@@H]1NC(=O)[C@H](Cc2ccc(O)cc2)NC(=O)[C@H](Cc2cnc[nH]2)NC(=O)[C@@H](NC(=O)[C@@H](NC(=O)[C@H](CCC(=O)O)NC(=O)[C@H](Cc2ccccc2)NC(C)=O)C(C)C)CSSC[C@@H](C(=O)N[C@H](C(=O)N[C@@H](CCCN=C(N)N)C(=O)N[C@@H](Cc2ccc(O)cc2)C(N)=O)[C@@H](C)O)NC(=O)[C@H](Cc2cnc[nH]2)NC(=O)[C@@H]2CCCN2C(=O)[C@H](CC(C)C)NC(=O)[C@H](CCCN=C(N)N)NC1=O. The number of benzene rings is 3. The Morgan fingerprint density at radius 1 is 0.525 bits per heavy atom. The highest BCUT2D eigenvalue weighted by molar-refractivity contribution is 8.76. The molecule has 0 spiro atoms. The maximum absolute atomic E-state index is 15.8. The van der Waals surface area contributed by atoms with Gasteiger partial charge in [-0.2, -0.15) is 0 Å². The second-order valence-corrected chi connectivity index (χ2v) is 37.4. The summed E-state index contributed by atoms with van der Waals surface area (Å²) in [4.78, 5) is 273. The molecule has 139 heavy (non-hydrogen) atoms. The van der Waals surface area contributed by atoms with Crippen LogP contribution in [0.5, 0.6) is 11.5 Å². The number of fused-ring (bicyclic) bond motifs is 1. The second kappa shape index (κ2) is 55.9. The minimum absolute atomic E-state index is 0.000230. The van der Waals surface area contributed by atoms with Gasteiger partial charge in [0.1, 0.15) is 102 Å². The number of aromatic nitrogens is 4. The number of nitrogens with two attached hydrogens (primary N) is 5. The summed E-state index contributed by atoms with van der Waals surface area (Å²) in [7, 11) is 1.45. The lowest BCUT2D eigenvalue weighted by Gasteiger charge is -2.32. The number of aromatic hydroxyl groups is 2. The average molecular weight is 1980 g/mol. The van der Waals surface area contributed by atoms with Crippen LogP contribution in [0.3, 0.4) is 0 Å². The number of carbonyl (C=O) groups is 17. The van der Waals surface area contributed by atoms with Crippen molar-refractivity contribution in [1.29, 1.82) is 0 Å². The fourth-order valence-electron chi connectivity index (χ4n) is 15.1. The van der Waals surface area contributed by atoms with Gasteiger partial charge >= 0.3 is 5.97 Å². The first-order chi connectivity index (χ1) is 66.0. The van der Waals surface area contributed by atoms with E-state index >= 15 is 47.9 Å². The van der Waals surface area contributed by atoms with Crippen LogP contribution in [-0.2, 0) is 114 Å². The lowest BCUT2D eigenvalue weighted by molar-refractivity contribution is -0.143. The van der Waals surface area contributed by atoms with E-state index in [9.17, 15) is 54.0 Å². The topological polar surface area (TPSA) is 755 Å². The number of hydrogen-bond acceptors (Lipinski definition) is 26. The Labute approximate surface area is 810 Å². The number of nitrogens with zero attached hydrogens (tertiary/aromatic N) is 5. The third kappa shape index (κ3) is 37.4. The van der Waals surface area contributed by atoms with E-state index in [1.54, 1.807) is 58.0 Å². The van der Waals surface area contributed by atoms with E-state index in [2.05, 4.69) is 104 Å². The molecule has 16 amide bonds. The number of phenols is 2. The van der Waals surface area contributed by atoms with Crippen molar-refractivity contribution >= 4 is 134 Å². The monoisotopic (exact) mass is 1970 g/mol. The molecule has 47 nitrogen and oxygen atoms in total. The minimum Gasteiger partial charge on any atom is -0.508 e. The molecule has 2 aliphatic rings. The van der Waals surface area contributed by atoms with Crippen LogP contribution in [0.2, 0.25) is 0 Å². The maximum Gasteiger partial charge on any atom is 0.303 e. The predicted molar refractivity (Wildman–Crippen MR) is 512 cm³/mol. The van der Waals surface area contributed by atoms with Gasteiger partial charge < -0.3 is 138 Å². The third-order valence-electron chi connectivity index (χ3n) is 22.8. The zero-order valence-corrected chi connectivity index (χ0v) is 80.2. The number of primary amides is 1. The molecule has 0 aliphatic carbocycles. The Bertz CT molecular complexity index is 5050. The zero-order chi connectivity index (χ0) is 102. The number of amides is 16. The summed E-state index contributed by atoms with van der Waals surface area (Å²) < 4.78 is 0. The fraction of sp³-hybridized carbons (Fsp3) is 0.522. The summed E-state index contributed by atoms with van der Waals surface area (Å²) in [5, 5.41) is 78.8. The van der Waals surface area contributed by atoms with Crippen LogP contribution in [0.25, 0.3) is 0 Å². The lowest BCUT2D eigenvalue weighted by Crippen LogP contribution is -2.62. The van der Waals surface area contributed by atoms with Gasteiger partial charge in [-0.3, -0.25) is 91.5 Å². The standard InChI is InChI=1S/C90H130N26O21S2/c1-9-48(6)72-86(135)104-59(19-14-32-99-90(94)95)76(125)110-66(34-46(2)3)88(137)116-33-15-20-69(116)84(133)109-65(39-55-41-97-45-101-55)80(129)111-68(83(132)115-73(49(7)117)87(136)105-58(18-13-31-98-89(92)93)75(124)106-61(74(91)123)35-52-21-25-56(119)26-22-52)43-139-138-42-67(82(131)108-64(38-54-40-96-44-100-54)79(128)107-63(81(130)114-72)37-53-23-27-57(120)28-24-53)112-85(134)71(47(4)5)113-77(126)60(29-30-70(121)122)103-78(127)62(102-50(8)118)36-51-16-11-10-12-17-51/h10-12,16-17,21-28,40-41,44-49,58-69,71-73,117,119-120H,9,13-15,18-20,29-39,42-43H2,1-8H3,(H2,91,123)(H,96,100)(H,97,101)(H,102,118)(H,103,127)(H,104,135)(H,105,136)(H,106,124)(H,107,128)(H,108,131)(H,109,133)(H,110,125)(H,111,129)(H,112,134)(H,113,126)(H,114,130)(H,115,132)(H,121,122)(H4,92,93,98)(H4,94,95,99)/t48-,49+,58-,59-,60-,61-,62-,63-,64-,65-,66-,67-,68-,69-,71-,72-,73-/m0/s1. The van der Waals surface area contributed by atoms with Gasteiger partial charge in [-0.25, -0.2) is 9.97 Å². The summed E-state index contributed by atoms with van der Waals surface area (Å²) in [6.07, 6.45) is 0.466. The number of imidazole rings is 2. The molecule has 2 fully saturated rings. The van der Waals surface area contributed by atoms with E-state index in [0.29, 0.717) is 16.7 Å². The summed E-state index contributed by atoms with van der Waals surface area (Å²) in [5.41, 5.74) is 30.2. The number of carbonyl (C=O) groups excluding carboxylic acids is 16. The zero-order valence-electron chi connectivity index (χ0n) is 78.6. The van der Waals surface area contributed by atoms with Crippen LogP contribution in [-0.4, -0.2) is 286 Å². The number of aliphatic carboxylic acids is 1. The number of H-pyrrole nitrogens is 2. The summed E-state index contributed by atoms with van der Waals surface area (Å²) in [6.45, 7) is 11.9. The molecular formula is C90H130N26O21S2. The largest absolute Gasteiger partial charge is 0.508 e.